The smallest absolute Gasteiger partial charge is 0.321 e. The summed E-state index contributed by atoms with van der Waals surface area (Å²) in [6.07, 6.45) is 4.11. The molecule has 0 saturated carbocycles. The van der Waals surface area contributed by atoms with E-state index in [4.69, 9.17) is 0 Å². The highest BCUT2D eigenvalue weighted by atomic mass is 16.2. The minimum atomic E-state index is 0.0104. The molecule has 1 aliphatic rings. The molecule has 4 nitrogen and oxygen atoms in total. The van der Waals surface area contributed by atoms with Crippen molar-refractivity contribution in [3.63, 3.8) is 0 Å². The van der Waals surface area contributed by atoms with Crippen molar-refractivity contribution in [2.45, 2.75) is 12.8 Å². The number of benzene rings is 1. The number of nitrogens with zero attached hydrogens (tertiary/aromatic N) is 1. The third kappa shape index (κ3) is 1.86. The summed E-state index contributed by atoms with van der Waals surface area (Å²) < 4.78 is 0. The average Bonchev–Trinajstić information content (AvgIpc) is 3.00. The van der Waals surface area contributed by atoms with Gasteiger partial charge in [0.1, 0.15) is 0 Å². The van der Waals surface area contributed by atoms with E-state index in [0.717, 1.165) is 42.5 Å². The quantitative estimate of drug-likeness (QED) is 0.776. The highest BCUT2D eigenvalue weighted by molar-refractivity contribution is 6.00. The zero-order chi connectivity index (χ0) is 11.7. The first kappa shape index (κ1) is 10.2. The summed E-state index contributed by atoms with van der Waals surface area (Å²) in [5.41, 5.74) is 1.92. The van der Waals surface area contributed by atoms with Gasteiger partial charge in [0.15, 0.2) is 0 Å². The van der Waals surface area contributed by atoms with Crippen LogP contribution in [0.4, 0.5) is 10.5 Å². The summed E-state index contributed by atoms with van der Waals surface area (Å²) in [6.45, 7) is 1.74. The third-order valence-corrected chi connectivity index (χ3v) is 3.23. The van der Waals surface area contributed by atoms with Gasteiger partial charge >= 0.3 is 6.03 Å². The number of carbonyl (C=O) groups is 1. The first-order valence-electron chi connectivity index (χ1n) is 5.96. The van der Waals surface area contributed by atoms with Gasteiger partial charge in [0, 0.05) is 30.2 Å². The zero-order valence-electron chi connectivity index (χ0n) is 9.57. The summed E-state index contributed by atoms with van der Waals surface area (Å²) in [6, 6.07) is 7.87. The zero-order valence-corrected chi connectivity index (χ0v) is 9.57. The first-order valence-corrected chi connectivity index (χ1v) is 5.96. The van der Waals surface area contributed by atoms with E-state index in [9.17, 15) is 4.79 Å². The van der Waals surface area contributed by atoms with Crippen LogP contribution in [0, 0.1) is 0 Å². The van der Waals surface area contributed by atoms with Crippen molar-refractivity contribution < 1.29 is 4.79 Å². The largest absolute Gasteiger partial charge is 0.361 e. The van der Waals surface area contributed by atoms with E-state index in [2.05, 4.69) is 10.3 Å². The van der Waals surface area contributed by atoms with E-state index in [1.807, 2.05) is 35.4 Å². The number of nitrogens with one attached hydrogen (secondary N) is 2. The van der Waals surface area contributed by atoms with Crippen molar-refractivity contribution >= 4 is 22.6 Å². The van der Waals surface area contributed by atoms with Crippen LogP contribution < -0.4 is 5.32 Å². The fourth-order valence-corrected chi connectivity index (χ4v) is 2.31. The summed E-state index contributed by atoms with van der Waals surface area (Å²) in [7, 11) is 0. The molecule has 0 radical (unpaired) electrons. The molecule has 2 N–H and O–H groups in total. The molecule has 88 valence electrons. The van der Waals surface area contributed by atoms with Gasteiger partial charge in [-0.15, -0.1) is 0 Å². The second-order valence-corrected chi connectivity index (χ2v) is 4.37. The maximum atomic E-state index is 12.0. The average molecular weight is 229 g/mol. The maximum Gasteiger partial charge on any atom is 0.321 e. The molecule has 3 rings (SSSR count). The van der Waals surface area contributed by atoms with E-state index < -0.39 is 0 Å². The van der Waals surface area contributed by atoms with Crippen LogP contribution in [-0.2, 0) is 0 Å². The Bertz CT molecular complexity index is 540. The topological polar surface area (TPSA) is 48.1 Å². The molecule has 1 aromatic heterocycles. The van der Waals surface area contributed by atoms with E-state index in [0.29, 0.717) is 0 Å². The molecule has 2 amide bonds. The number of amides is 2. The highest BCUT2D eigenvalue weighted by Gasteiger charge is 2.18. The number of rotatable bonds is 1. The van der Waals surface area contributed by atoms with E-state index >= 15 is 0 Å². The molecule has 0 aliphatic carbocycles. The van der Waals surface area contributed by atoms with Crippen molar-refractivity contribution in [2.24, 2.45) is 0 Å². The molecule has 0 atom stereocenters. The molecule has 1 saturated heterocycles. The molecule has 2 aromatic rings. The van der Waals surface area contributed by atoms with Crippen LogP contribution in [-0.4, -0.2) is 29.0 Å². The Labute approximate surface area is 99.6 Å². The molecule has 2 heterocycles. The van der Waals surface area contributed by atoms with Crippen molar-refractivity contribution in [2.75, 3.05) is 18.4 Å². The Morgan fingerprint density at radius 2 is 2.06 bits per heavy atom. The Kier molecular flexibility index (Phi) is 2.48. The number of aromatic amines is 1. The summed E-state index contributed by atoms with van der Waals surface area (Å²) in [4.78, 5) is 17.0. The Morgan fingerprint density at radius 3 is 2.88 bits per heavy atom. The van der Waals surface area contributed by atoms with E-state index in [-0.39, 0.29) is 6.03 Å². The number of hydrogen-bond donors (Lipinski definition) is 2. The second-order valence-electron chi connectivity index (χ2n) is 4.37. The lowest BCUT2D eigenvalue weighted by Crippen LogP contribution is -2.32. The maximum absolute atomic E-state index is 12.0. The third-order valence-electron chi connectivity index (χ3n) is 3.23. The monoisotopic (exact) mass is 229 g/mol. The van der Waals surface area contributed by atoms with Gasteiger partial charge in [0.25, 0.3) is 0 Å². The SMILES string of the molecule is O=C(Nc1cccc2[nH]ccc12)N1CCCC1. The molecule has 0 spiro atoms. The summed E-state index contributed by atoms with van der Waals surface area (Å²) >= 11 is 0. The number of urea groups is 1. The van der Waals surface area contributed by atoms with Crippen molar-refractivity contribution in [3.05, 3.63) is 30.5 Å². The van der Waals surface area contributed by atoms with Crippen molar-refractivity contribution in [1.29, 1.82) is 0 Å². The van der Waals surface area contributed by atoms with Gasteiger partial charge in [-0.1, -0.05) is 6.07 Å². The number of H-pyrrole nitrogens is 1. The Hall–Kier alpha value is -1.97. The van der Waals surface area contributed by atoms with Crippen LogP contribution in [0.1, 0.15) is 12.8 Å². The first-order chi connectivity index (χ1) is 8.34. The fourth-order valence-electron chi connectivity index (χ4n) is 2.31. The fraction of sp³-hybridized carbons (Fsp3) is 0.308. The van der Waals surface area contributed by atoms with Crippen LogP contribution in [0.15, 0.2) is 30.5 Å². The Balaban J connectivity index is 1.84. The molecule has 0 bridgehead atoms. The molecule has 1 aliphatic heterocycles. The molecular formula is C13H15N3O. The standard InChI is InChI=1S/C13H15N3O/c17-13(16-8-1-2-9-16)15-12-5-3-4-11-10(12)6-7-14-11/h3-7,14H,1-2,8-9H2,(H,15,17). The normalized spacial score (nSPS) is 15.4. The van der Waals surface area contributed by atoms with Crippen molar-refractivity contribution in [3.8, 4) is 0 Å². The Morgan fingerprint density at radius 1 is 1.24 bits per heavy atom. The number of carbonyl (C=O) groups excluding carboxylic acids is 1. The van der Waals surface area contributed by atoms with Crippen LogP contribution in [0.2, 0.25) is 0 Å². The molecular weight excluding hydrogens is 214 g/mol. The van der Waals surface area contributed by atoms with Crippen LogP contribution in [0.25, 0.3) is 10.9 Å². The summed E-state index contributed by atoms with van der Waals surface area (Å²) in [5.74, 6) is 0. The number of aromatic nitrogens is 1. The van der Waals surface area contributed by atoms with Gasteiger partial charge < -0.3 is 15.2 Å². The van der Waals surface area contributed by atoms with Crippen LogP contribution in [0.3, 0.4) is 0 Å². The number of fused-ring (bicyclic) bond motifs is 1. The van der Waals surface area contributed by atoms with E-state index in [1.54, 1.807) is 0 Å². The molecule has 4 heteroatoms. The predicted molar refractivity (Wildman–Crippen MR) is 68.1 cm³/mol. The van der Waals surface area contributed by atoms with E-state index in [1.165, 1.54) is 0 Å². The second kappa shape index (κ2) is 4.13. The van der Waals surface area contributed by atoms with Crippen molar-refractivity contribution in [1.82, 2.24) is 9.88 Å². The van der Waals surface area contributed by atoms with Gasteiger partial charge in [-0.2, -0.15) is 0 Å². The highest BCUT2D eigenvalue weighted by Crippen LogP contribution is 2.22. The number of likely N-dealkylation sites (tertiary alicyclic amines) is 1. The predicted octanol–water partition coefficient (Wildman–Crippen LogP) is 2.80. The minimum absolute atomic E-state index is 0.0104. The number of hydrogen-bond acceptors (Lipinski definition) is 1. The lowest BCUT2D eigenvalue weighted by atomic mass is 10.2. The molecule has 1 fully saturated rings. The minimum Gasteiger partial charge on any atom is -0.361 e. The lowest BCUT2D eigenvalue weighted by molar-refractivity contribution is 0.222. The van der Waals surface area contributed by atoms with Gasteiger partial charge in [-0.05, 0) is 31.0 Å². The van der Waals surface area contributed by atoms with Gasteiger partial charge in [-0.25, -0.2) is 4.79 Å². The van der Waals surface area contributed by atoms with Gasteiger partial charge in [0.2, 0.25) is 0 Å². The molecule has 17 heavy (non-hydrogen) atoms. The number of anilines is 1. The molecule has 0 unspecified atom stereocenters. The molecule has 1 aromatic carbocycles. The van der Waals surface area contributed by atoms with Gasteiger partial charge in [0.05, 0.1) is 5.69 Å². The summed E-state index contributed by atoms with van der Waals surface area (Å²) in [5, 5.41) is 4.04. The van der Waals surface area contributed by atoms with Crippen LogP contribution >= 0.6 is 0 Å². The lowest BCUT2D eigenvalue weighted by Gasteiger charge is -2.16. The van der Waals surface area contributed by atoms with Gasteiger partial charge in [-0.3, -0.25) is 0 Å². The van der Waals surface area contributed by atoms with Crippen LogP contribution in [0.5, 0.6) is 0 Å².